The van der Waals surface area contributed by atoms with Gasteiger partial charge in [-0.25, -0.2) is 0 Å². The van der Waals surface area contributed by atoms with Gasteiger partial charge in [0.25, 0.3) is 11.8 Å². The van der Waals surface area contributed by atoms with Gasteiger partial charge in [-0.15, -0.1) is 0 Å². The van der Waals surface area contributed by atoms with Crippen LogP contribution in [0.4, 0.5) is 11.4 Å². The molecule has 0 radical (unpaired) electrons. The Morgan fingerprint density at radius 3 is 2.41 bits per heavy atom. The van der Waals surface area contributed by atoms with Crippen LogP contribution < -0.4 is 20.7 Å². The number of ether oxygens (including phenoxy) is 2. The summed E-state index contributed by atoms with van der Waals surface area (Å²) in [5.41, 5.74) is 1.83. The average molecular weight is 563 g/mol. The molecule has 0 saturated carbocycles. The Balaban J connectivity index is 1.65. The summed E-state index contributed by atoms with van der Waals surface area (Å²) in [7, 11) is 1.57. The van der Waals surface area contributed by atoms with E-state index in [4.69, 9.17) is 33.3 Å². The van der Waals surface area contributed by atoms with E-state index in [1.807, 2.05) is 0 Å². The second-order valence-corrected chi connectivity index (χ2v) is 8.70. The number of thiocarbonyl (C=S) groups is 1. The lowest BCUT2D eigenvalue weighted by molar-refractivity contribution is 0.0968. The molecule has 0 saturated heterocycles. The van der Waals surface area contributed by atoms with Crippen LogP contribution in [0, 0.1) is 0 Å². The molecule has 0 fully saturated rings. The van der Waals surface area contributed by atoms with Crippen LogP contribution in [-0.2, 0) is 4.74 Å². The van der Waals surface area contributed by atoms with Crippen LogP contribution in [0.5, 0.6) is 5.75 Å². The second kappa shape index (κ2) is 12.5. The van der Waals surface area contributed by atoms with Crippen molar-refractivity contribution in [2.75, 3.05) is 31.0 Å². The van der Waals surface area contributed by atoms with Gasteiger partial charge >= 0.3 is 0 Å². The molecule has 10 heteroatoms. The SMILES string of the molecule is COCCOc1ccc(Br)cc1C(=O)NC(=S)Nc1cccc(C(=O)Nc2cccc(Cl)c2)c1. The van der Waals surface area contributed by atoms with Gasteiger partial charge in [0.2, 0.25) is 0 Å². The molecular formula is C24H21BrClN3O4S. The third-order valence-corrected chi connectivity index (χ3v) is 5.36. The zero-order valence-electron chi connectivity index (χ0n) is 18.1. The summed E-state index contributed by atoms with van der Waals surface area (Å²) in [6, 6.07) is 18.7. The Labute approximate surface area is 215 Å². The molecule has 0 unspecified atom stereocenters. The minimum absolute atomic E-state index is 0.0696. The van der Waals surface area contributed by atoms with E-state index in [0.717, 1.165) is 0 Å². The van der Waals surface area contributed by atoms with Crippen molar-refractivity contribution in [3.63, 3.8) is 0 Å². The summed E-state index contributed by atoms with van der Waals surface area (Å²) < 4.78 is 11.3. The van der Waals surface area contributed by atoms with Crippen LogP contribution in [0.25, 0.3) is 0 Å². The Morgan fingerprint density at radius 1 is 0.941 bits per heavy atom. The molecule has 0 aromatic heterocycles. The summed E-state index contributed by atoms with van der Waals surface area (Å²) in [6.07, 6.45) is 0. The second-order valence-electron chi connectivity index (χ2n) is 6.94. The zero-order chi connectivity index (χ0) is 24.5. The summed E-state index contributed by atoms with van der Waals surface area (Å²) in [5.74, 6) is -0.353. The van der Waals surface area contributed by atoms with Gasteiger partial charge < -0.3 is 20.1 Å². The maximum absolute atomic E-state index is 12.8. The fourth-order valence-corrected chi connectivity index (χ4v) is 3.64. The quantitative estimate of drug-likeness (QED) is 0.248. The smallest absolute Gasteiger partial charge is 0.261 e. The molecule has 0 aliphatic heterocycles. The topological polar surface area (TPSA) is 88.7 Å². The van der Waals surface area contributed by atoms with Crippen LogP contribution in [-0.4, -0.2) is 37.3 Å². The number of hydrogen-bond donors (Lipinski definition) is 3. The Kier molecular flexibility index (Phi) is 9.41. The van der Waals surface area contributed by atoms with E-state index in [2.05, 4.69) is 31.9 Å². The number of amides is 2. The van der Waals surface area contributed by atoms with Crippen LogP contribution in [0.15, 0.2) is 71.2 Å². The molecule has 0 aliphatic carbocycles. The van der Waals surface area contributed by atoms with Crippen molar-refractivity contribution >= 4 is 68.1 Å². The first kappa shape index (κ1) is 25.6. The number of anilines is 2. The van der Waals surface area contributed by atoms with Gasteiger partial charge in [0.15, 0.2) is 5.11 Å². The van der Waals surface area contributed by atoms with E-state index < -0.39 is 5.91 Å². The normalized spacial score (nSPS) is 10.3. The van der Waals surface area contributed by atoms with E-state index in [-0.39, 0.29) is 11.0 Å². The molecule has 7 nitrogen and oxygen atoms in total. The lowest BCUT2D eigenvalue weighted by atomic mass is 10.2. The van der Waals surface area contributed by atoms with Crippen molar-refractivity contribution in [3.05, 3.63) is 87.4 Å². The first-order chi connectivity index (χ1) is 16.4. The van der Waals surface area contributed by atoms with E-state index in [1.165, 1.54) is 0 Å². The zero-order valence-corrected chi connectivity index (χ0v) is 21.2. The number of hydrogen-bond acceptors (Lipinski definition) is 5. The van der Waals surface area contributed by atoms with Crippen molar-refractivity contribution in [1.29, 1.82) is 0 Å². The van der Waals surface area contributed by atoms with Gasteiger partial charge in [-0.1, -0.05) is 39.7 Å². The first-order valence-corrected chi connectivity index (χ1v) is 11.6. The molecular weight excluding hydrogens is 542 g/mol. The number of carbonyl (C=O) groups is 2. The number of methoxy groups -OCH3 is 1. The van der Waals surface area contributed by atoms with Crippen LogP contribution >= 0.6 is 39.7 Å². The number of nitrogens with one attached hydrogen (secondary N) is 3. The molecule has 34 heavy (non-hydrogen) atoms. The molecule has 0 bridgehead atoms. The Bertz CT molecular complexity index is 1210. The lowest BCUT2D eigenvalue weighted by Gasteiger charge is -2.14. The van der Waals surface area contributed by atoms with E-state index in [0.29, 0.717) is 51.0 Å². The fraction of sp³-hybridized carbons (Fsp3) is 0.125. The highest BCUT2D eigenvalue weighted by molar-refractivity contribution is 9.10. The third kappa shape index (κ3) is 7.53. The van der Waals surface area contributed by atoms with Crippen molar-refractivity contribution in [2.45, 2.75) is 0 Å². The highest BCUT2D eigenvalue weighted by Crippen LogP contribution is 2.23. The van der Waals surface area contributed by atoms with Crippen LogP contribution in [0.1, 0.15) is 20.7 Å². The number of rotatable bonds is 8. The van der Waals surface area contributed by atoms with Crippen molar-refractivity contribution in [1.82, 2.24) is 5.32 Å². The van der Waals surface area contributed by atoms with Crippen LogP contribution in [0.2, 0.25) is 5.02 Å². The van der Waals surface area contributed by atoms with Crippen molar-refractivity contribution in [2.24, 2.45) is 0 Å². The molecule has 0 heterocycles. The van der Waals surface area contributed by atoms with Gasteiger partial charge in [-0.3, -0.25) is 14.9 Å². The van der Waals surface area contributed by atoms with Gasteiger partial charge in [-0.2, -0.15) is 0 Å². The maximum Gasteiger partial charge on any atom is 0.261 e. The predicted octanol–water partition coefficient (Wildman–Crippen LogP) is 5.51. The minimum atomic E-state index is -0.443. The largest absolute Gasteiger partial charge is 0.490 e. The van der Waals surface area contributed by atoms with E-state index in [1.54, 1.807) is 73.8 Å². The van der Waals surface area contributed by atoms with Gasteiger partial charge in [0.1, 0.15) is 12.4 Å². The summed E-state index contributed by atoms with van der Waals surface area (Å²) in [6.45, 7) is 0.684. The molecule has 3 aromatic carbocycles. The van der Waals surface area contributed by atoms with E-state index >= 15 is 0 Å². The average Bonchev–Trinajstić information content (AvgIpc) is 2.80. The standard InChI is InChI=1S/C24H21BrClN3O4S/c1-32-10-11-33-21-9-8-16(25)13-20(21)23(31)29-24(34)28-18-6-2-4-15(12-18)22(30)27-19-7-3-5-17(26)14-19/h2-9,12-14H,10-11H2,1H3,(H,27,30)(H2,28,29,31,34). The monoisotopic (exact) mass is 561 g/mol. The van der Waals surface area contributed by atoms with Crippen molar-refractivity contribution < 1.29 is 19.1 Å². The molecule has 0 spiro atoms. The molecule has 3 N–H and O–H groups in total. The molecule has 3 aromatic rings. The van der Waals surface area contributed by atoms with Gasteiger partial charge in [0, 0.05) is 33.5 Å². The third-order valence-electron chi connectivity index (χ3n) is 4.42. The maximum atomic E-state index is 12.8. The number of carbonyl (C=O) groups excluding carboxylic acids is 2. The molecule has 176 valence electrons. The predicted molar refractivity (Wildman–Crippen MR) is 141 cm³/mol. The summed E-state index contributed by atoms with van der Waals surface area (Å²) >= 11 is 14.6. The summed E-state index contributed by atoms with van der Waals surface area (Å²) in [4.78, 5) is 25.4. The van der Waals surface area contributed by atoms with Gasteiger partial charge in [0.05, 0.1) is 12.2 Å². The minimum Gasteiger partial charge on any atom is -0.490 e. The van der Waals surface area contributed by atoms with E-state index in [9.17, 15) is 9.59 Å². The molecule has 2 amide bonds. The molecule has 0 atom stereocenters. The molecule has 0 aliphatic rings. The highest BCUT2D eigenvalue weighted by Gasteiger charge is 2.15. The van der Waals surface area contributed by atoms with Crippen molar-refractivity contribution in [3.8, 4) is 5.75 Å². The number of halogens is 2. The summed E-state index contributed by atoms with van der Waals surface area (Å²) in [5, 5.41) is 8.93. The lowest BCUT2D eigenvalue weighted by Crippen LogP contribution is -2.34. The van der Waals surface area contributed by atoms with Crippen LogP contribution in [0.3, 0.4) is 0 Å². The van der Waals surface area contributed by atoms with Gasteiger partial charge in [-0.05, 0) is 66.8 Å². The fourth-order valence-electron chi connectivity index (χ4n) is 2.88. The molecule has 3 rings (SSSR count). The first-order valence-electron chi connectivity index (χ1n) is 10.1. The highest BCUT2D eigenvalue weighted by atomic mass is 79.9. The number of benzene rings is 3. The Morgan fingerprint density at radius 2 is 1.68 bits per heavy atom. The Hall–Kier alpha value is -2.98.